The molecule has 1 aromatic carbocycles. The normalized spacial score (nSPS) is 11.7. The highest BCUT2D eigenvalue weighted by Gasteiger charge is 2.19. The van der Waals surface area contributed by atoms with E-state index in [2.05, 4.69) is 42.5 Å². The van der Waals surface area contributed by atoms with E-state index in [1.54, 1.807) is 18.2 Å². The largest absolute Gasteiger partial charge is 0.480 e. The van der Waals surface area contributed by atoms with Gasteiger partial charge in [0.15, 0.2) is 0 Å². The molecule has 0 aliphatic rings. The number of amides is 2. The predicted octanol–water partition coefficient (Wildman–Crippen LogP) is 2.17. The molecule has 0 bridgehead atoms. The number of para-hydroxylation sites is 1. The first-order valence-electron chi connectivity index (χ1n) is 5.31. The molecule has 1 unspecified atom stereocenters. The number of carbonyl (C=O) groups is 2. The molecule has 19 heavy (non-hydrogen) atoms. The van der Waals surface area contributed by atoms with Gasteiger partial charge in [0.05, 0.1) is 5.69 Å². The van der Waals surface area contributed by atoms with Crippen LogP contribution in [0.3, 0.4) is 0 Å². The van der Waals surface area contributed by atoms with Gasteiger partial charge in [-0.2, -0.15) is 0 Å². The van der Waals surface area contributed by atoms with Crippen LogP contribution in [-0.4, -0.2) is 34.9 Å². The lowest BCUT2D eigenvalue weighted by Crippen LogP contribution is -2.43. The van der Waals surface area contributed by atoms with Gasteiger partial charge in [-0.1, -0.05) is 6.07 Å². The second-order valence-electron chi connectivity index (χ2n) is 3.60. The van der Waals surface area contributed by atoms with Gasteiger partial charge in [0.25, 0.3) is 0 Å². The number of hydrogen-bond donors (Lipinski definition) is 4. The Morgan fingerprint density at radius 2 is 1.84 bits per heavy atom. The third kappa shape index (κ3) is 4.81. The summed E-state index contributed by atoms with van der Waals surface area (Å²) in [6.07, 6.45) is -0.0557. The number of aliphatic hydroxyl groups is 1. The Morgan fingerprint density at radius 3 is 2.32 bits per heavy atom. The zero-order valence-electron chi connectivity index (χ0n) is 9.69. The third-order valence-corrected chi connectivity index (χ3v) is 3.54. The number of nitrogens with one attached hydrogen (secondary N) is 2. The number of halogens is 2. The first-order valence-corrected chi connectivity index (χ1v) is 6.89. The molecule has 0 saturated carbocycles. The van der Waals surface area contributed by atoms with Crippen molar-refractivity contribution in [2.45, 2.75) is 12.5 Å². The Labute approximate surface area is 126 Å². The van der Waals surface area contributed by atoms with E-state index in [1.807, 2.05) is 0 Å². The Kier molecular flexibility index (Phi) is 6.26. The number of rotatable bonds is 5. The van der Waals surface area contributed by atoms with Crippen LogP contribution >= 0.6 is 31.9 Å². The van der Waals surface area contributed by atoms with Crippen LogP contribution in [0, 0.1) is 0 Å². The smallest absolute Gasteiger partial charge is 0.326 e. The van der Waals surface area contributed by atoms with Gasteiger partial charge in [-0.25, -0.2) is 9.59 Å². The number of carboxylic acid groups (broad SMARTS) is 1. The minimum atomic E-state index is -1.20. The lowest BCUT2D eigenvalue weighted by Gasteiger charge is -2.15. The number of urea groups is 1. The lowest BCUT2D eigenvalue weighted by atomic mass is 10.2. The van der Waals surface area contributed by atoms with E-state index in [0.29, 0.717) is 14.6 Å². The van der Waals surface area contributed by atoms with Crippen molar-refractivity contribution in [2.75, 3.05) is 11.9 Å². The third-order valence-electron chi connectivity index (χ3n) is 2.22. The van der Waals surface area contributed by atoms with Crippen LogP contribution in [0.5, 0.6) is 0 Å². The number of benzene rings is 1. The summed E-state index contributed by atoms with van der Waals surface area (Å²) in [7, 11) is 0. The minimum Gasteiger partial charge on any atom is -0.480 e. The monoisotopic (exact) mass is 394 g/mol. The number of hydrogen-bond acceptors (Lipinski definition) is 3. The summed E-state index contributed by atoms with van der Waals surface area (Å²) < 4.78 is 1.32. The number of carbonyl (C=O) groups excluding carboxylic acids is 1. The van der Waals surface area contributed by atoms with Crippen molar-refractivity contribution in [3.05, 3.63) is 27.1 Å². The minimum absolute atomic E-state index is 0.0557. The Hall–Kier alpha value is -1.12. The molecule has 4 N–H and O–H groups in total. The summed E-state index contributed by atoms with van der Waals surface area (Å²) >= 11 is 6.55. The summed E-state index contributed by atoms with van der Waals surface area (Å²) in [5.41, 5.74) is 0.494. The molecule has 1 rings (SSSR count). The summed E-state index contributed by atoms with van der Waals surface area (Å²) in [5, 5.41) is 22.4. The van der Waals surface area contributed by atoms with Crippen LogP contribution < -0.4 is 10.6 Å². The van der Waals surface area contributed by atoms with E-state index >= 15 is 0 Å². The average molecular weight is 396 g/mol. The molecule has 0 aromatic heterocycles. The first kappa shape index (κ1) is 15.9. The summed E-state index contributed by atoms with van der Waals surface area (Å²) in [4.78, 5) is 22.5. The summed E-state index contributed by atoms with van der Waals surface area (Å²) in [5.74, 6) is -1.20. The van der Waals surface area contributed by atoms with E-state index in [1.165, 1.54) is 0 Å². The number of aliphatic carboxylic acids is 1. The van der Waals surface area contributed by atoms with Crippen LogP contribution in [0.25, 0.3) is 0 Å². The first-order chi connectivity index (χ1) is 8.95. The van der Waals surface area contributed by atoms with Gasteiger partial charge in [-0.3, -0.25) is 0 Å². The van der Waals surface area contributed by atoms with Crippen molar-refractivity contribution < 1.29 is 19.8 Å². The fourth-order valence-electron chi connectivity index (χ4n) is 1.31. The standard InChI is InChI=1S/C11H12Br2N2O4/c12-6-2-1-3-7(13)9(6)15-11(19)14-8(4-5-16)10(17)18/h1-3,8,16H,4-5H2,(H,17,18)(H2,14,15,19). The van der Waals surface area contributed by atoms with Crippen molar-refractivity contribution in [3.63, 3.8) is 0 Å². The van der Waals surface area contributed by atoms with Gasteiger partial charge >= 0.3 is 12.0 Å². The van der Waals surface area contributed by atoms with Gasteiger partial charge in [0.1, 0.15) is 6.04 Å². The van der Waals surface area contributed by atoms with Gasteiger partial charge in [0.2, 0.25) is 0 Å². The van der Waals surface area contributed by atoms with Crippen LogP contribution in [0.15, 0.2) is 27.1 Å². The molecular weight excluding hydrogens is 384 g/mol. The molecule has 0 fully saturated rings. The maximum absolute atomic E-state index is 11.7. The molecule has 0 aliphatic carbocycles. The summed E-state index contributed by atoms with van der Waals surface area (Å²) in [6.45, 7) is -0.323. The molecule has 6 nitrogen and oxygen atoms in total. The fraction of sp³-hybridized carbons (Fsp3) is 0.273. The molecule has 2 amide bonds. The number of anilines is 1. The second-order valence-corrected chi connectivity index (χ2v) is 5.31. The Bertz CT molecular complexity index is 462. The van der Waals surface area contributed by atoms with E-state index in [-0.39, 0.29) is 13.0 Å². The molecule has 1 atom stereocenters. The zero-order chi connectivity index (χ0) is 14.4. The predicted molar refractivity (Wildman–Crippen MR) is 77.1 cm³/mol. The number of aliphatic hydroxyl groups excluding tert-OH is 1. The SMILES string of the molecule is O=C(Nc1c(Br)cccc1Br)NC(CCO)C(=O)O. The maximum atomic E-state index is 11.7. The van der Waals surface area contributed by atoms with Gasteiger partial charge in [-0.15, -0.1) is 0 Å². The molecule has 8 heteroatoms. The second kappa shape index (κ2) is 7.46. The molecular formula is C11H12Br2N2O4. The van der Waals surface area contributed by atoms with Crippen LogP contribution in [-0.2, 0) is 4.79 Å². The van der Waals surface area contributed by atoms with Gasteiger partial charge in [-0.05, 0) is 44.0 Å². The highest BCUT2D eigenvalue weighted by atomic mass is 79.9. The van der Waals surface area contributed by atoms with E-state index in [0.717, 1.165) is 0 Å². The maximum Gasteiger partial charge on any atom is 0.326 e. The van der Waals surface area contributed by atoms with E-state index in [4.69, 9.17) is 10.2 Å². The molecule has 0 radical (unpaired) electrons. The topological polar surface area (TPSA) is 98.7 Å². The number of carboxylic acids is 1. The average Bonchev–Trinajstić information content (AvgIpc) is 2.33. The molecule has 0 spiro atoms. The molecule has 0 saturated heterocycles. The van der Waals surface area contributed by atoms with Crippen LogP contribution in [0.4, 0.5) is 10.5 Å². The highest BCUT2D eigenvalue weighted by molar-refractivity contribution is 9.11. The molecule has 0 heterocycles. The van der Waals surface area contributed by atoms with Crippen LogP contribution in [0.1, 0.15) is 6.42 Å². The van der Waals surface area contributed by atoms with Crippen molar-refractivity contribution >= 4 is 49.5 Å². The van der Waals surface area contributed by atoms with Crippen molar-refractivity contribution in [1.29, 1.82) is 0 Å². The molecule has 0 aliphatic heterocycles. The van der Waals surface area contributed by atoms with E-state index in [9.17, 15) is 9.59 Å². The van der Waals surface area contributed by atoms with Gasteiger partial charge < -0.3 is 20.8 Å². The summed E-state index contributed by atoms with van der Waals surface area (Å²) in [6, 6.07) is 3.47. The van der Waals surface area contributed by atoms with E-state index < -0.39 is 18.0 Å². The van der Waals surface area contributed by atoms with Gasteiger partial charge in [0, 0.05) is 22.0 Å². The quantitative estimate of drug-likeness (QED) is 0.613. The zero-order valence-corrected chi connectivity index (χ0v) is 12.9. The Balaban J connectivity index is 2.72. The Morgan fingerprint density at radius 1 is 1.26 bits per heavy atom. The molecule has 1 aromatic rings. The fourth-order valence-corrected chi connectivity index (χ4v) is 2.51. The van der Waals surface area contributed by atoms with Crippen molar-refractivity contribution in [1.82, 2.24) is 5.32 Å². The van der Waals surface area contributed by atoms with Crippen LogP contribution in [0.2, 0.25) is 0 Å². The lowest BCUT2D eigenvalue weighted by molar-refractivity contribution is -0.139. The van der Waals surface area contributed by atoms with Crippen molar-refractivity contribution in [3.8, 4) is 0 Å². The van der Waals surface area contributed by atoms with Crippen molar-refractivity contribution in [2.24, 2.45) is 0 Å². The highest BCUT2D eigenvalue weighted by Crippen LogP contribution is 2.30. The molecule has 104 valence electrons.